The van der Waals surface area contributed by atoms with Gasteiger partial charge in [-0.25, -0.2) is 8.42 Å². The summed E-state index contributed by atoms with van der Waals surface area (Å²) >= 11 is 1.42. The van der Waals surface area contributed by atoms with Crippen molar-refractivity contribution >= 4 is 27.1 Å². The molecule has 0 saturated carbocycles. The van der Waals surface area contributed by atoms with E-state index in [1.807, 2.05) is 11.4 Å². The number of nitrogens with zero attached hydrogens (tertiary/aromatic N) is 1. The van der Waals surface area contributed by atoms with Gasteiger partial charge in [0.15, 0.2) is 5.78 Å². The lowest BCUT2D eigenvalue weighted by molar-refractivity contribution is 0.0957. The van der Waals surface area contributed by atoms with Gasteiger partial charge in [0.05, 0.1) is 11.1 Å². The molecule has 2 rings (SSSR count). The van der Waals surface area contributed by atoms with Crippen molar-refractivity contribution in [1.29, 1.82) is 0 Å². The Morgan fingerprint density at radius 1 is 1.42 bits per heavy atom. The zero-order valence-electron chi connectivity index (χ0n) is 11.0. The molecule has 1 saturated heterocycles. The van der Waals surface area contributed by atoms with E-state index in [1.165, 1.54) is 21.9 Å². The Hall–Kier alpha value is -0.720. The lowest BCUT2D eigenvalue weighted by atomic mass is 10.0. The van der Waals surface area contributed by atoms with Crippen molar-refractivity contribution in [3.05, 3.63) is 22.4 Å². The summed E-state index contributed by atoms with van der Waals surface area (Å²) in [4.78, 5) is 12.9. The van der Waals surface area contributed by atoms with Crippen molar-refractivity contribution in [3.8, 4) is 0 Å². The Balaban J connectivity index is 2.13. The van der Waals surface area contributed by atoms with Gasteiger partial charge in [-0.1, -0.05) is 18.9 Å². The molecular weight excluding hydrogens is 282 g/mol. The fourth-order valence-corrected chi connectivity index (χ4v) is 4.40. The van der Waals surface area contributed by atoms with E-state index in [9.17, 15) is 13.2 Å². The monoisotopic (exact) mass is 301 g/mol. The lowest BCUT2D eigenvalue weighted by Crippen LogP contribution is -2.40. The Kier molecular flexibility index (Phi) is 4.76. The first-order valence-electron chi connectivity index (χ1n) is 6.52. The average Bonchev–Trinajstić information content (AvgIpc) is 2.75. The third-order valence-electron chi connectivity index (χ3n) is 3.47. The molecule has 0 N–H and O–H groups in total. The smallest absolute Gasteiger partial charge is 0.211 e. The van der Waals surface area contributed by atoms with Crippen LogP contribution in [-0.2, 0) is 10.0 Å². The van der Waals surface area contributed by atoms with E-state index in [1.54, 1.807) is 6.07 Å². The number of hydrogen-bond acceptors (Lipinski definition) is 4. The summed E-state index contributed by atoms with van der Waals surface area (Å²) in [5, 5.41) is 1.87. The van der Waals surface area contributed by atoms with Crippen LogP contribution in [-0.4, -0.2) is 37.3 Å². The third kappa shape index (κ3) is 3.87. The first-order valence-corrected chi connectivity index (χ1v) is 9.25. The van der Waals surface area contributed by atoms with E-state index in [4.69, 9.17) is 0 Å². The third-order valence-corrected chi connectivity index (χ3v) is 5.71. The molecule has 0 radical (unpaired) electrons. The van der Waals surface area contributed by atoms with Crippen molar-refractivity contribution in [2.24, 2.45) is 0 Å². The molecule has 0 amide bonds. The largest absolute Gasteiger partial charge is 0.293 e. The molecule has 0 aromatic carbocycles. The van der Waals surface area contributed by atoms with Gasteiger partial charge < -0.3 is 0 Å². The zero-order valence-corrected chi connectivity index (χ0v) is 12.7. The van der Waals surface area contributed by atoms with E-state index in [2.05, 4.69) is 0 Å². The fraction of sp³-hybridized carbons (Fsp3) is 0.615. The van der Waals surface area contributed by atoms with Gasteiger partial charge in [-0.2, -0.15) is 4.31 Å². The highest BCUT2D eigenvalue weighted by Gasteiger charge is 2.30. The number of ketones is 1. The van der Waals surface area contributed by atoms with Crippen LogP contribution in [0.5, 0.6) is 0 Å². The first-order chi connectivity index (χ1) is 8.98. The van der Waals surface area contributed by atoms with Crippen LogP contribution in [0.1, 0.15) is 41.8 Å². The molecule has 1 aliphatic rings. The molecule has 1 fully saturated rings. The van der Waals surface area contributed by atoms with Crippen molar-refractivity contribution in [2.75, 3.05) is 12.8 Å². The second-order valence-electron chi connectivity index (χ2n) is 4.98. The molecular formula is C13H19NO3S2. The molecule has 0 aliphatic carbocycles. The molecule has 19 heavy (non-hydrogen) atoms. The van der Waals surface area contributed by atoms with Gasteiger partial charge in [-0.05, 0) is 24.3 Å². The van der Waals surface area contributed by atoms with Gasteiger partial charge >= 0.3 is 0 Å². The summed E-state index contributed by atoms with van der Waals surface area (Å²) in [5.74, 6) is 0.0514. The molecule has 6 heteroatoms. The SMILES string of the molecule is CS(=O)(=O)N1CCCCCC1CC(=O)c1cccs1. The quantitative estimate of drug-likeness (QED) is 0.803. The Morgan fingerprint density at radius 3 is 2.84 bits per heavy atom. The minimum absolute atomic E-state index is 0.0514. The second-order valence-corrected chi connectivity index (χ2v) is 7.86. The number of thiophene rings is 1. The maximum absolute atomic E-state index is 12.1. The van der Waals surface area contributed by atoms with Crippen LogP contribution in [0.4, 0.5) is 0 Å². The van der Waals surface area contributed by atoms with Crippen LogP contribution in [0, 0.1) is 0 Å². The molecule has 1 atom stereocenters. The Labute approximate surface area is 118 Å². The van der Waals surface area contributed by atoms with Crippen molar-refractivity contribution < 1.29 is 13.2 Å². The molecule has 1 aromatic heterocycles. The number of carbonyl (C=O) groups excluding carboxylic acids is 1. The molecule has 0 bridgehead atoms. The van der Waals surface area contributed by atoms with Gasteiger partial charge in [-0.15, -0.1) is 11.3 Å². The van der Waals surface area contributed by atoms with E-state index in [0.29, 0.717) is 13.0 Å². The van der Waals surface area contributed by atoms with Gasteiger partial charge in [0.25, 0.3) is 0 Å². The fourth-order valence-electron chi connectivity index (χ4n) is 2.54. The number of sulfonamides is 1. The zero-order chi connectivity index (χ0) is 13.9. The molecule has 4 nitrogen and oxygen atoms in total. The summed E-state index contributed by atoms with van der Waals surface area (Å²) in [7, 11) is -3.23. The Morgan fingerprint density at radius 2 is 2.21 bits per heavy atom. The maximum Gasteiger partial charge on any atom is 0.211 e. The first kappa shape index (κ1) is 14.7. The van der Waals surface area contributed by atoms with Crippen LogP contribution in [0.25, 0.3) is 0 Å². The predicted octanol–water partition coefficient (Wildman–Crippen LogP) is 2.53. The summed E-state index contributed by atoms with van der Waals surface area (Å²) in [6.07, 6.45) is 5.24. The average molecular weight is 301 g/mol. The van der Waals surface area contributed by atoms with Gasteiger partial charge in [0.2, 0.25) is 10.0 Å². The summed E-state index contributed by atoms with van der Waals surface area (Å²) in [6.45, 7) is 0.543. The maximum atomic E-state index is 12.1. The van der Waals surface area contributed by atoms with Gasteiger partial charge in [0.1, 0.15) is 0 Å². The predicted molar refractivity (Wildman–Crippen MR) is 77.1 cm³/mol. The standard InChI is InChI=1S/C13H19NO3S2/c1-19(16,17)14-8-4-2-3-6-11(14)10-12(15)13-7-5-9-18-13/h5,7,9,11H,2-4,6,8,10H2,1H3. The van der Waals surface area contributed by atoms with Crippen LogP contribution in [0.15, 0.2) is 17.5 Å². The van der Waals surface area contributed by atoms with E-state index in [0.717, 1.165) is 30.6 Å². The van der Waals surface area contributed by atoms with Crippen LogP contribution >= 0.6 is 11.3 Å². The van der Waals surface area contributed by atoms with Crippen molar-refractivity contribution in [3.63, 3.8) is 0 Å². The second kappa shape index (κ2) is 6.15. The molecule has 0 spiro atoms. The number of rotatable bonds is 4. The highest BCUT2D eigenvalue weighted by molar-refractivity contribution is 7.88. The van der Waals surface area contributed by atoms with Gasteiger partial charge in [-0.3, -0.25) is 4.79 Å². The number of carbonyl (C=O) groups is 1. The molecule has 1 aliphatic heterocycles. The molecule has 2 heterocycles. The number of hydrogen-bond donors (Lipinski definition) is 0. The van der Waals surface area contributed by atoms with Gasteiger partial charge in [0, 0.05) is 19.0 Å². The minimum atomic E-state index is -3.23. The minimum Gasteiger partial charge on any atom is -0.293 e. The van der Waals surface area contributed by atoms with E-state index >= 15 is 0 Å². The number of Topliss-reactive ketones (excluding diaryl/α,β-unsaturated/α-hetero) is 1. The molecule has 106 valence electrons. The Bertz CT molecular complexity index is 522. The summed E-state index contributed by atoms with van der Waals surface area (Å²) in [5.41, 5.74) is 0. The van der Waals surface area contributed by atoms with Crippen LogP contribution < -0.4 is 0 Å². The highest BCUT2D eigenvalue weighted by Crippen LogP contribution is 2.24. The van der Waals surface area contributed by atoms with E-state index in [-0.39, 0.29) is 11.8 Å². The topological polar surface area (TPSA) is 54.5 Å². The van der Waals surface area contributed by atoms with Crippen LogP contribution in [0.3, 0.4) is 0 Å². The highest BCUT2D eigenvalue weighted by atomic mass is 32.2. The van der Waals surface area contributed by atoms with Crippen molar-refractivity contribution in [2.45, 2.75) is 38.1 Å². The molecule has 1 aromatic rings. The van der Waals surface area contributed by atoms with Crippen molar-refractivity contribution in [1.82, 2.24) is 4.31 Å². The normalized spacial score (nSPS) is 22.1. The summed E-state index contributed by atoms with van der Waals surface area (Å²) < 4.78 is 25.2. The summed E-state index contributed by atoms with van der Waals surface area (Å²) in [6, 6.07) is 3.47. The lowest BCUT2D eigenvalue weighted by Gasteiger charge is -2.27. The van der Waals surface area contributed by atoms with Crippen LogP contribution in [0.2, 0.25) is 0 Å². The molecule has 1 unspecified atom stereocenters. The van der Waals surface area contributed by atoms with E-state index < -0.39 is 10.0 Å².